The van der Waals surface area contributed by atoms with Gasteiger partial charge in [-0.15, -0.1) is 10.3 Å². The van der Waals surface area contributed by atoms with Crippen LogP contribution in [0.2, 0.25) is 0 Å². The molecule has 0 unspecified atom stereocenters. The zero-order valence-electron chi connectivity index (χ0n) is 3.80. The third-order valence-corrected chi connectivity index (χ3v) is 5.37. The molecular weight excluding hydrogens is 159 g/mol. The molecular formula is C3H3AlS3. The van der Waals surface area contributed by atoms with Gasteiger partial charge >= 0.3 is 0 Å². The van der Waals surface area contributed by atoms with E-state index in [9.17, 15) is 0 Å². The van der Waals surface area contributed by atoms with Crippen molar-refractivity contribution in [1.82, 2.24) is 0 Å². The molecule has 0 aromatic carbocycles. The van der Waals surface area contributed by atoms with Crippen molar-refractivity contribution in [3.63, 3.8) is 0 Å². The van der Waals surface area contributed by atoms with Gasteiger partial charge in [-0.2, -0.15) is 0 Å². The minimum Gasteiger partial charge on any atom is -0.103 e. The van der Waals surface area contributed by atoms with Crippen LogP contribution in [0.3, 0.4) is 0 Å². The van der Waals surface area contributed by atoms with Crippen molar-refractivity contribution in [2.75, 3.05) is 0 Å². The standard InChI is InChI=1S/C3HS3.Al.2H/c4-3-1-2-5-6-3;;;/h1H;;;. The smallest absolute Gasteiger partial charge is 0.103 e. The summed E-state index contributed by atoms with van der Waals surface area (Å²) in [6, 6.07) is 2.08. The Morgan fingerprint density at radius 3 is 2.43 bits per heavy atom. The summed E-state index contributed by atoms with van der Waals surface area (Å²) in [6.45, 7) is 0. The number of hydrogen-bond acceptors (Lipinski definition) is 3. The summed E-state index contributed by atoms with van der Waals surface area (Å²) in [5.41, 5.74) is 0. The summed E-state index contributed by atoms with van der Waals surface area (Å²) in [6.07, 6.45) is 0. The molecule has 0 aliphatic rings. The van der Waals surface area contributed by atoms with Crippen molar-refractivity contribution < 1.29 is 0 Å². The fourth-order valence-electron chi connectivity index (χ4n) is 0.321. The van der Waals surface area contributed by atoms with Crippen LogP contribution in [0.1, 0.15) is 0 Å². The van der Waals surface area contributed by atoms with E-state index in [2.05, 4.69) is 6.07 Å². The summed E-state index contributed by atoms with van der Waals surface area (Å²) in [5.74, 6) is 0. The lowest BCUT2D eigenvalue weighted by molar-refractivity contribution is 2.15. The zero-order chi connectivity index (χ0) is 5.28. The summed E-state index contributed by atoms with van der Waals surface area (Å²) >= 11 is 6.04. The molecule has 0 aliphatic heterocycles. The summed E-state index contributed by atoms with van der Waals surface area (Å²) in [4.78, 5) is 0. The van der Waals surface area contributed by atoms with E-state index in [-0.39, 0.29) is 0 Å². The van der Waals surface area contributed by atoms with Gasteiger partial charge in [0.25, 0.3) is 16.3 Å². The van der Waals surface area contributed by atoms with Crippen molar-refractivity contribution >= 4 is 52.9 Å². The van der Waals surface area contributed by atoms with Crippen LogP contribution in [-0.4, -0.2) is 16.3 Å². The van der Waals surface area contributed by atoms with Crippen LogP contribution in [0, 0.1) is 3.82 Å². The lowest BCUT2D eigenvalue weighted by Gasteiger charge is -1.63. The van der Waals surface area contributed by atoms with Gasteiger partial charge in [0, 0.05) is 0 Å². The van der Waals surface area contributed by atoms with Gasteiger partial charge < -0.3 is 0 Å². The maximum absolute atomic E-state index is 4.88. The molecule has 0 N–H and O–H groups in total. The largest absolute Gasteiger partial charge is 0.277 e. The first-order valence-electron chi connectivity index (χ1n) is 1.86. The quantitative estimate of drug-likeness (QED) is 0.309. The monoisotopic (exact) mass is 162 g/mol. The fraction of sp³-hybridized carbons (Fsp3) is 0. The first kappa shape index (κ1) is 5.93. The van der Waals surface area contributed by atoms with Crippen molar-refractivity contribution in [2.24, 2.45) is 0 Å². The highest BCUT2D eigenvalue weighted by molar-refractivity contribution is 7.80. The van der Waals surface area contributed by atoms with E-state index in [0.29, 0.717) is 0 Å². The molecule has 1 heterocycles. The average molecular weight is 162 g/mol. The lowest BCUT2D eigenvalue weighted by Crippen LogP contribution is -1.88. The van der Waals surface area contributed by atoms with E-state index in [4.69, 9.17) is 12.2 Å². The van der Waals surface area contributed by atoms with Crippen molar-refractivity contribution in [3.05, 3.63) is 9.89 Å². The van der Waals surface area contributed by atoms with Gasteiger partial charge in [0.2, 0.25) is 0 Å². The number of rotatable bonds is 0. The third kappa shape index (κ3) is 1.63. The van der Waals surface area contributed by atoms with Crippen molar-refractivity contribution in [3.8, 4) is 0 Å². The molecule has 0 saturated carbocycles. The number of hydrogen-bond donors (Lipinski definition) is 0. The van der Waals surface area contributed by atoms with Gasteiger partial charge in [-0.05, 0) is 6.07 Å². The molecule has 7 heavy (non-hydrogen) atoms. The minimum absolute atomic E-state index is 1.04. The van der Waals surface area contributed by atoms with Crippen LogP contribution < -0.4 is 3.74 Å². The van der Waals surface area contributed by atoms with Gasteiger partial charge in [0.1, 0.15) is 3.82 Å². The molecule has 1 rings (SSSR count). The molecule has 0 radical (unpaired) electrons. The molecule has 4 heteroatoms. The van der Waals surface area contributed by atoms with Crippen LogP contribution >= 0.6 is 32.9 Å². The fourth-order valence-corrected chi connectivity index (χ4v) is 3.94. The second kappa shape index (κ2) is 2.38. The Morgan fingerprint density at radius 1 is 1.57 bits per heavy atom. The second-order valence-corrected chi connectivity index (χ2v) is 6.16. The van der Waals surface area contributed by atoms with E-state index >= 15 is 0 Å². The molecule has 36 valence electrons. The normalized spacial score (nSPS) is 9.14. The first-order valence-corrected chi connectivity index (χ1v) is 5.41. The van der Waals surface area contributed by atoms with Crippen LogP contribution in [0.25, 0.3) is 0 Å². The lowest BCUT2D eigenvalue weighted by atomic mass is 10.8. The Bertz CT molecular complexity index is 198. The van der Waals surface area contributed by atoms with Crippen molar-refractivity contribution in [1.29, 1.82) is 0 Å². The summed E-state index contributed by atoms with van der Waals surface area (Å²) < 4.78 is 2.49. The van der Waals surface area contributed by atoms with Crippen LogP contribution in [0.4, 0.5) is 0 Å². The summed E-state index contributed by atoms with van der Waals surface area (Å²) in [7, 11) is 3.50. The molecule has 0 atom stereocenters. The molecule has 1 aromatic heterocycles. The van der Waals surface area contributed by atoms with Crippen molar-refractivity contribution in [2.45, 2.75) is 0 Å². The van der Waals surface area contributed by atoms with E-state index in [1.54, 1.807) is 20.7 Å². The average Bonchev–Trinajstić information content (AvgIpc) is 1.87. The Balaban J connectivity index is 3.30. The highest BCUT2D eigenvalue weighted by Gasteiger charge is 1.82. The molecule has 0 amide bonds. The Hall–Kier alpha value is 0.802. The van der Waals surface area contributed by atoms with E-state index in [1.165, 1.54) is 3.74 Å². The zero-order valence-corrected chi connectivity index (χ0v) is 8.25. The minimum atomic E-state index is 1.04. The van der Waals surface area contributed by atoms with E-state index in [0.717, 1.165) is 20.1 Å². The van der Waals surface area contributed by atoms with Gasteiger partial charge in [-0.1, -0.05) is 26.3 Å². The first-order chi connectivity index (χ1) is 3.29. The highest BCUT2D eigenvalue weighted by Crippen LogP contribution is 2.04. The van der Waals surface area contributed by atoms with E-state index in [1.807, 2.05) is 0 Å². The maximum Gasteiger partial charge on any atom is 0.277 e. The second-order valence-electron chi connectivity index (χ2n) is 1.24. The Kier molecular flexibility index (Phi) is 2.02. The molecule has 1 aromatic rings. The predicted molar refractivity (Wildman–Crippen MR) is 41.2 cm³/mol. The predicted octanol–water partition coefficient (Wildman–Crippen LogP) is 0.797. The third-order valence-electron chi connectivity index (χ3n) is 0.576. The highest BCUT2D eigenvalue weighted by atomic mass is 32.9. The molecule has 0 aliphatic carbocycles. The Morgan fingerprint density at radius 2 is 2.29 bits per heavy atom. The van der Waals surface area contributed by atoms with Crippen LogP contribution in [0.15, 0.2) is 6.07 Å². The topological polar surface area (TPSA) is 0 Å². The van der Waals surface area contributed by atoms with Gasteiger partial charge in [-0.3, -0.25) is 0 Å². The summed E-state index contributed by atoms with van der Waals surface area (Å²) in [5, 5.41) is 0. The van der Waals surface area contributed by atoms with Gasteiger partial charge in [0.05, 0.1) is 0 Å². The van der Waals surface area contributed by atoms with Gasteiger partial charge in [-0.25, -0.2) is 0 Å². The molecule has 0 saturated heterocycles. The van der Waals surface area contributed by atoms with Crippen LogP contribution in [-0.2, 0) is 0 Å². The molecule has 0 spiro atoms. The Labute approximate surface area is 62.6 Å². The molecule has 0 fully saturated rings. The van der Waals surface area contributed by atoms with Gasteiger partial charge in [0.15, 0.2) is 0 Å². The van der Waals surface area contributed by atoms with E-state index < -0.39 is 0 Å². The molecule has 0 bridgehead atoms. The SMILES string of the molecule is [AlH2][c]1cc(=S)ss1. The molecule has 0 nitrogen and oxygen atoms in total. The maximum atomic E-state index is 4.88. The van der Waals surface area contributed by atoms with Crippen LogP contribution in [0.5, 0.6) is 0 Å².